The van der Waals surface area contributed by atoms with E-state index in [2.05, 4.69) is 25.2 Å². The number of ether oxygens (including phenoxy) is 1. The third-order valence-corrected chi connectivity index (χ3v) is 7.10. The van der Waals surface area contributed by atoms with Crippen LogP contribution in [0.4, 0.5) is 11.4 Å². The first-order valence-electron chi connectivity index (χ1n) is 11.5. The molecule has 2 rings (SSSR count). The molecule has 0 aliphatic carbocycles. The molecule has 1 unspecified atom stereocenters. The van der Waals surface area contributed by atoms with Crippen LogP contribution < -0.4 is 14.4 Å². The standard InChI is InChI=1S/C25H35N3O6S/c1-16(2)21-15-22(18(4)13-24(21)34-6)19(5)26-25(29)9-8-12-27(35(7,32)33)23-14-20(28(30)31)11-10-17(23)3/h10-11,13-16,19H,8-9,12H2,1-7H3,(H,26,29). The number of amides is 1. The van der Waals surface area contributed by atoms with E-state index in [1.165, 1.54) is 18.2 Å². The molecular weight excluding hydrogens is 470 g/mol. The van der Waals surface area contributed by atoms with Crippen LogP contribution in [0.5, 0.6) is 5.75 Å². The van der Waals surface area contributed by atoms with E-state index in [0.29, 0.717) is 5.56 Å². The number of non-ortho nitro benzene ring substituents is 1. The van der Waals surface area contributed by atoms with Gasteiger partial charge in [-0.1, -0.05) is 19.9 Å². The van der Waals surface area contributed by atoms with E-state index < -0.39 is 14.9 Å². The minimum atomic E-state index is -3.70. The Hall–Kier alpha value is -3.14. The Labute approximate surface area is 207 Å². The zero-order valence-electron chi connectivity index (χ0n) is 21.4. The van der Waals surface area contributed by atoms with Crippen molar-refractivity contribution in [2.24, 2.45) is 0 Å². The summed E-state index contributed by atoms with van der Waals surface area (Å²) in [4.78, 5) is 23.3. The number of carbonyl (C=O) groups is 1. The van der Waals surface area contributed by atoms with Crippen LogP contribution in [0.1, 0.15) is 67.8 Å². The molecule has 0 saturated heterocycles. The zero-order valence-corrected chi connectivity index (χ0v) is 22.2. The normalized spacial score (nSPS) is 12.3. The molecule has 9 nitrogen and oxygen atoms in total. The van der Waals surface area contributed by atoms with Crippen LogP contribution in [0.3, 0.4) is 0 Å². The predicted octanol–water partition coefficient (Wildman–Crippen LogP) is 4.77. The van der Waals surface area contributed by atoms with Crippen molar-refractivity contribution in [3.63, 3.8) is 0 Å². The smallest absolute Gasteiger partial charge is 0.271 e. The van der Waals surface area contributed by atoms with Gasteiger partial charge in [0.05, 0.1) is 30.0 Å². The number of carbonyl (C=O) groups excluding carboxylic acids is 1. The van der Waals surface area contributed by atoms with Crippen molar-refractivity contribution in [2.45, 2.75) is 59.4 Å². The zero-order chi connectivity index (χ0) is 26.5. The van der Waals surface area contributed by atoms with Crippen LogP contribution in [-0.2, 0) is 14.8 Å². The van der Waals surface area contributed by atoms with Crippen molar-refractivity contribution in [1.82, 2.24) is 5.32 Å². The van der Waals surface area contributed by atoms with Crippen molar-refractivity contribution in [1.29, 1.82) is 0 Å². The summed E-state index contributed by atoms with van der Waals surface area (Å²) in [7, 11) is -2.07. The fourth-order valence-corrected chi connectivity index (χ4v) is 5.04. The van der Waals surface area contributed by atoms with Crippen molar-refractivity contribution < 1.29 is 22.9 Å². The van der Waals surface area contributed by atoms with E-state index in [1.54, 1.807) is 14.0 Å². The van der Waals surface area contributed by atoms with Gasteiger partial charge in [-0.3, -0.25) is 19.2 Å². The summed E-state index contributed by atoms with van der Waals surface area (Å²) in [6, 6.07) is 7.88. The second-order valence-corrected chi connectivity index (χ2v) is 11.0. The Morgan fingerprint density at radius 2 is 1.77 bits per heavy atom. The van der Waals surface area contributed by atoms with E-state index in [4.69, 9.17) is 4.74 Å². The maximum atomic E-state index is 12.7. The highest BCUT2D eigenvalue weighted by Gasteiger charge is 2.22. The van der Waals surface area contributed by atoms with E-state index in [9.17, 15) is 23.3 Å². The second-order valence-electron chi connectivity index (χ2n) is 9.06. The molecule has 0 heterocycles. The summed E-state index contributed by atoms with van der Waals surface area (Å²) in [5, 5.41) is 14.1. The summed E-state index contributed by atoms with van der Waals surface area (Å²) in [5.41, 5.74) is 3.70. The Bertz CT molecular complexity index is 1190. The molecule has 1 atom stereocenters. The van der Waals surface area contributed by atoms with Gasteiger partial charge in [0.15, 0.2) is 0 Å². The molecule has 1 amide bonds. The Morgan fingerprint density at radius 1 is 1.11 bits per heavy atom. The number of nitrogens with zero attached hydrogens (tertiary/aromatic N) is 2. The molecule has 0 spiro atoms. The molecular formula is C25H35N3O6S. The fourth-order valence-electron chi connectivity index (χ4n) is 4.03. The minimum Gasteiger partial charge on any atom is -0.496 e. The highest BCUT2D eigenvalue weighted by atomic mass is 32.2. The molecule has 1 N–H and O–H groups in total. The average molecular weight is 506 g/mol. The Balaban J connectivity index is 2.11. The molecule has 0 bridgehead atoms. The van der Waals surface area contributed by atoms with Gasteiger partial charge in [0.1, 0.15) is 5.75 Å². The maximum absolute atomic E-state index is 12.7. The van der Waals surface area contributed by atoms with Crippen LogP contribution in [0.2, 0.25) is 0 Å². The number of hydrogen-bond donors (Lipinski definition) is 1. The van der Waals surface area contributed by atoms with Crippen molar-refractivity contribution in [3.8, 4) is 5.75 Å². The van der Waals surface area contributed by atoms with Gasteiger partial charge >= 0.3 is 0 Å². The number of nitro groups is 1. The van der Waals surface area contributed by atoms with Crippen LogP contribution in [0, 0.1) is 24.0 Å². The molecule has 0 radical (unpaired) electrons. The molecule has 0 aliphatic heterocycles. The molecule has 0 saturated carbocycles. The number of sulfonamides is 1. The lowest BCUT2D eigenvalue weighted by Gasteiger charge is -2.24. The number of nitrogens with one attached hydrogen (secondary N) is 1. The number of aryl methyl sites for hydroxylation is 2. The van der Waals surface area contributed by atoms with Gasteiger partial charge in [-0.15, -0.1) is 0 Å². The van der Waals surface area contributed by atoms with Crippen LogP contribution >= 0.6 is 0 Å². The summed E-state index contributed by atoms with van der Waals surface area (Å²) in [5.74, 6) is 0.867. The Morgan fingerprint density at radius 3 is 2.31 bits per heavy atom. The molecule has 2 aromatic rings. The summed E-state index contributed by atoms with van der Waals surface area (Å²) < 4.78 is 31.5. The van der Waals surface area contributed by atoms with Gasteiger partial charge < -0.3 is 10.1 Å². The number of benzene rings is 2. The van der Waals surface area contributed by atoms with Crippen molar-refractivity contribution in [3.05, 3.63) is 62.7 Å². The van der Waals surface area contributed by atoms with Crippen molar-refractivity contribution >= 4 is 27.3 Å². The minimum absolute atomic E-state index is 0.0295. The molecule has 0 aliphatic rings. The lowest BCUT2D eigenvalue weighted by atomic mass is 9.93. The highest BCUT2D eigenvalue weighted by Crippen LogP contribution is 2.32. The number of methoxy groups -OCH3 is 1. The largest absolute Gasteiger partial charge is 0.496 e. The first-order valence-corrected chi connectivity index (χ1v) is 13.3. The van der Waals surface area contributed by atoms with Crippen LogP contribution in [0.25, 0.3) is 0 Å². The van der Waals surface area contributed by atoms with E-state index >= 15 is 0 Å². The van der Waals surface area contributed by atoms with Gasteiger partial charge in [0.2, 0.25) is 15.9 Å². The maximum Gasteiger partial charge on any atom is 0.271 e. The molecule has 192 valence electrons. The van der Waals surface area contributed by atoms with Gasteiger partial charge in [0, 0.05) is 25.1 Å². The first kappa shape index (κ1) is 28.1. The molecule has 10 heteroatoms. The third kappa shape index (κ3) is 7.17. The second kappa shape index (κ2) is 11.5. The van der Waals surface area contributed by atoms with E-state index in [1.807, 2.05) is 19.9 Å². The third-order valence-electron chi connectivity index (χ3n) is 5.92. The van der Waals surface area contributed by atoms with Crippen LogP contribution in [-0.4, -0.2) is 39.2 Å². The topological polar surface area (TPSA) is 119 Å². The van der Waals surface area contributed by atoms with Gasteiger partial charge in [-0.25, -0.2) is 8.42 Å². The number of rotatable bonds is 11. The molecule has 0 aromatic heterocycles. The number of hydrogen-bond acceptors (Lipinski definition) is 6. The lowest BCUT2D eigenvalue weighted by molar-refractivity contribution is -0.384. The summed E-state index contributed by atoms with van der Waals surface area (Å²) in [6.45, 7) is 9.76. The highest BCUT2D eigenvalue weighted by molar-refractivity contribution is 7.92. The van der Waals surface area contributed by atoms with E-state index in [-0.39, 0.29) is 48.6 Å². The Kier molecular flexibility index (Phi) is 9.25. The molecule has 2 aromatic carbocycles. The number of anilines is 1. The van der Waals surface area contributed by atoms with Gasteiger partial charge in [-0.2, -0.15) is 0 Å². The molecule has 35 heavy (non-hydrogen) atoms. The quantitative estimate of drug-likeness (QED) is 0.347. The fraction of sp³-hybridized carbons (Fsp3) is 0.480. The van der Waals surface area contributed by atoms with Gasteiger partial charge in [0.25, 0.3) is 5.69 Å². The van der Waals surface area contributed by atoms with Crippen LogP contribution in [0.15, 0.2) is 30.3 Å². The predicted molar refractivity (Wildman–Crippen MR) is 138 cm³/mol. The molecule has 0 fully saturated rings. The summed E-state index contributed by atoms with van der Waals surface area (Å²) in [6.07, 6.45) is 1.41. The SMILES string of the molecule is COc1cc(C)c(C(C)NC(=O)CCCN(c2cc([N+](=O)[O-])ccc2C)S(C)(=O)=O)cc1C(C)C. The average Bonchev–Trinajstić information content (AvgIpc) is 2.75. The number of nitro benzene ring substituents is 1. The van der Waals surface area contributed by atoms with E-state index in [0.717, 1.165) is 33.0 Å². The first-order chi connectivity index (χ1) is 16.3. The van der Waals surface area contributed by atoms with Gasteiger partial charge in [-0.05, 0) is 67.5 Å². The van der Waals surface area contributed by atoms with Crippen molar-refractivity contribution in [2.75, 3.05) is 24.2 Å². The monoisotopic (exact) mass is 505 g/mol. The lowest BCUT2D eigenvalue weighted by Crippen LogP contribution is -2.33. The summed E-state index contributed by atoms with van der Waals surface area (Å²) >= 11 is 0.